The Bertz CT molecular complexity index is 222. The van der Waals surface area contributed by atoms with Crippen molar-refractivity contribution in [2.45, 2.75) is 4.90 Å². The van der Waals surface area contributed by atoms with E-state index in [0.717, 1.165) is 23.7 Å². The molecule has 0 amide bonds. The Labute approximate surface area is 91.6 Å². The zero-order valence-corrected chi connectivity index (χ0v) is 9.62. The molecule has 0 heterocycles. The molecule has 0 fully saturated rings. The number of hydrogen-bond donors (Lipinski definition) is 1. The van der Waals surface area contributed by atoms with Crippen LogP contribution in [-0.4, -0.2) is 6.26 Å². The molecule has 2 N–H and O–H groups in total. The minimum absolute atomic E-state index is 0.757. The van der Waals surface area contributed by atoms with Crippen molar-refractivity contribution in [1.29, 1.82) is 0 Å². The summed E-state index contributed by atoms with van der Waals surface area (Å²) in [5, 5.41) is 0. The maximum absolute atomic E-state index is 5.61. The first-order chi connectivity index (χ1) is 5.76. The first-order valence-corrected chi connectivity index (χ1v) is 6.77. The predicted octanol–water partition coefficient (Wildman–Crippen LogP) is 3.37. The van der Waals surface area contributed by atoms with Gasteiger partial charge in [0, 0.05) is 10.6 Å². The van der Waals surface area contributed by atoms with E-state index in [-0.39, 0.29) is 0 Å². The van der Waals surface area contributed by atoms with Crippen LogP contribution in [0, 0.1) is 0 Å². The molecule has 0 saturated heterocycles. The molecule has 0 aromatic heterocycles. The van der Waals surface area contributed by atoms with Crippen molar-refractivity contribution >= 4 is 37.6 Å². The second kappa shape index (κ2) is 8.09. The summed E-state index contributed by atoms with van der Waals surface area (Å²) in [5.74, 6) is 0. The number of nitrogens with two attached hydrogens (primary N) is 1. The van der Waals surface area contributed by atoms with Gasteiger partial charge < -0.3 is 5.73 Å². The van der Waals surface area contributed by atoms with E-state index in [0.29, 0.717) is 0 Å². The van der Waals surface area contributed by atoms with E-state index in [1.807, 2.05) is 30.5 Å². The Kier molecular flexibility index (Phi) is 8.40. The number of benzene rings is 1. The van der Waals surface area contributed by atoms with E-state index in [1.54, 1.807) is 11.8 Å². The number of thioether (sulfide) groups is 1. The standard InChI is InChI=1S/C7H9NS.2ClH.Cu/c1-9-7-5-3-2-4-6(7)8;;;/h2-5H,8H2,1H3;2*1H;/q;;;+2/p-2. The average molecular weight is 274 g/mol. The number of para-hydroxylation sites is 1. The van der Waals surface area contributed by atoms with Gasteiger partial charge in [0.15, 0.2) is 0 Å². The van der Waals surface area contributed by atoms with Crippen molar-refractivity contribution in [3.05, 3.63) is 24.3 Å². The van der Waals surface area contributed by atoms with E-state index in [9.17, 15) is 0 Å². The van der Waals surface area contributed by atoms with Gasteiger partial charge in [-0.25, -0.2) is 0 Å². The zero-order chi connectivity index (χ0) is 9.40. The topological polar surface area (TPSA) is 26.0 Å². The summed E-state index contributed by atoms with van der Waals surface area (Å²) in [6.07, 6.45) is 2.02. The first-order valence-electron chi connectivity index (χ1n) is 2.96. The van der Waals surface area contributed by atoms with Crippen molar-refractivity contribution in [2.24, 2.45) is 0 Å². The maximum atomic E-state index is 5.61. The summed E-state index contributed by atoms with van der Waals surface area (Å²) in [6, 6.07) is 7.85. The first kappa shape index (κ1) is 12.5. The molecule has 1 aromatic rings. The van der Waals surface area contributed by atoms with Crippen molar-refractivity contribution in [3.8, 4) is 0 Å². The van der Waals surface area contributed by atoms with Gasteiger partial charge in [0.25, 0.3) is 0 Å². The van der Waals surface area contributed by atoms with Crippen molar-refractivity contribution < 1.29 is 13.1 Å². The fourth-order valence-corrected chi connectivity index (χ4v) is 1.18. The fourth-order valence-electron chi connectivity index (χ4n) is 0.666. The van der Waals surface area contributed by atoms with E-state index in [2.05, 4.69) is 20.2 Å². The van der Waals surface area contributed by atoms with Gasteiger partial charge in [-0.2, -0.15) is 0 Å². The van der Waals surface area contributed by atoms with Gasteiger partial charge in [-0.1, -0.05) is 12.1 Å². The quantitative estimate of drug-likeness (QED) is 0.482. The predicted molar refractivity (Wildman–Crippen MR) is 54.3 cm³/mol. The summed E-state index contributed by atoms with van der Waals surface area (Å²) in [5.41, 5.74) is 6.48. The van der Waals surface area contributed by atoms with Crippen LogP contribution in [0.4, 0.5) is 5.69 Å². The molecular formula is C7H9Cl2CuNS. The molecule has 0 aliphatic heterocycles. The Morgan fingerprint density at radius 2 is 1.83 bits per heavy atom. The molecule has 0 aliphatic carbocycles. The van der Waals surface area contributed by atoms with Gasteiger partial charge in [0.1, 0.15) is 0 Å². The molecule has 0 unspecified atom stereocenters. The van der Waals surface area contributed by atoms with E-state index >= 15 is 0 Å². The minimum atomic E-state index is 0.757. The summed E-state index contributed by atoms with van der Waals surface area (Å²) in [6.45, 7) is 0. The second-order valence-corrected chi connectivity index (χ2v) is 4.19. The Morgan fingerprint density at radius 3 is 2.17 bits per heavy atom. The number of rotatable bonds is 1. The van der Waals surface area contributed by atoms with Crippen LogP contribution in [0.5, 0.6) is 0 Å². The number of nitrogen functional groups attached to an aromatic ring is 1. The SMILES string of the molecule is CSc1ccccc1N.[Cl][Cu][Cl]. The monoisotopic (exact) mass is 272 g/mol. The van der Waals surface area contributed by atoms with Gasteiger partial charge in [-0.05, 0) is 18.4 Å². The molecule has 1 rings (SSSR count). The number of hydrogen-bond acceptors (Lipinski definition) is 2. The Morgan fingerprint density at radius 1 is 1.33 bits per heavy atom. The summed E-state index contributed by atoms with van der Waals surface area (Å²) in [7, 11) is 9.34. The molecule has 73 valence electrons. The van der Waals surface area contributed by atoms with E-state index in [4.69, 9.17) is 5.73 Å². The van der Waals surface area contributed by atoms with Crippen LogP contribution in [-0.2, 0) is 13.1 Å². The molecule has 12 heavy (non-hydrogen) atoms. The second-order valence-electron chi connectivity index (χ2n) is 1.79. The Balaban J connectivity index is 0.000000354. The summed E-state index contributed by atoms with van der Waals surface area (Å²) >= 11 is 2.43. The Hall–Kier alpha value is 0.469. The van der Waals surface area contributed by atoms with Crippen LogP contribution < -0.4 is 5.73 Å². The van der Waals surface area contributed by atoms with Crippen molar-refractivity contribution in [3.63, 3.8) is 0 Å². The normalized spacial score (nSPS) is 8.92. The molecule has 5 heteroatoms. The third-order valence-corrected chi connectivity index (χ3v) is 1.95. The fraction of sp³-hybridized carbons (Fsp3) is 0.143. The van der Waals surface area contributed by atoms with Crippen LogP contribution in [0.1, 0.15) is 0 Å². The number of halogens is 2. The van der Waals surface area contributed by atoms with Gasteiger partial charge in [0.2, 0.25) is 0 Å². The van der Waals surface area contributed by atoms with Gasteiger partial charge >= 0.3 is 33.3 Å². The van der Waals surface area contributed by atoms with Gasteiger partial charge in [0.05, 0.1) is 0 Å². The summed E-state index contributed by atoms with van der Waals surface area (Å²) < 4.78 is 0. The third kappa shape index (κ3) is 5.17. The molecule has 0 bridgehead atoms. The van der Waals surface area contributed by atoms with Gasteiger partial charge in [-0.3, -0.25) is 0 Å². The molecule has 0 atom stereocenters. The van der Waals surface area contributed by atoms with E-state index in [1.165, 1.54) is 0 Å². The number of anilines is 1. The van der Waals surface area contributed by atoms with Crippen LogP contribution in [0.3, 0.4) is 0 Å². The summed E-state index contributed by atoms with van der Waals surface area (Å²) in [4.78, 5) is 1.15. The van der Waals surface area contributed by atoms with Gasteiger partial charge in [-0.15, -0.1) is 11.8 Å². The molecule has 0 saturated carbocycles. The van der Waals surface area contributed by atoms with Crippen LogP contribution in [0.15, 0.2) is 29.2 Å². The molecule has 0 spiro atoms. The molecule has 0 aliphatic rings. The average Bonchev–Trinajstić information content (AvgIpc) is 2.07. The van der Waals surface area contributed by atoms with Crippen molar-refractivity contribution in [2.75, 3.05) is 12.0 Å². The van der Waals surface area contributed by atoms with E-state index < -0.39 is 0 Å². The third-order valence-electron chi connectivity index (χ3n) is 1.14. The molecule has 0 radical (unpaired) electrons. The zero-order valence-electron chi connectivity index (χ0n) is 6.35. The van der Waals surface area contributed by atoms with Crippen LogP contribution >= 0.6 is 32.0 Å². The molecular weight excluding hydrogens is 265 g/mol. The molecule has 1 aromatic carbocycles. The molecule has 1 nitrogen and oxygen atoms in total. The van der Waals surface area contributed by atoms with Crippen LogP contribution in [0.2, 0.25) is 0 Å². The van der Waals surface area contributed by atoms with Crippen LogP contribution in [0.25, 0.3) is 0 Å². The van der Waals surface area contributed by atoms with Crippen molar-refractivity contribution in [1.82, 2.24) is 0 Å².